The quantitative estimate of drug-likeness (QED) is 0.566. The third-order valence-electron chi connectivity index (χ3n) is 1.98. The number of hydrogen-bond donors (Lipinski definition) is 4. The first-order chi connectivity index (χ1) is 7.58. The lowest BCUT2D eigenvalue weighted by molar-refractivity contribution is 0.0876. The summed E-state index contributed by atoms with van der Waals surface area (Å²) in [7, 11) is 0. The molecule has 1 rings (SSSR count). The van der Waals surface area contributed by atoms with Crippen molar-refractivity contribution in [2.45, 2.75) is 6.04 Å². The van der Waals surface area contributed by atoms with E-state index in [0.717, 1.165) is 18.2 Å². The highest BCUT2D eigenvalue weighted by atomic mass is 19.1. The fourth-order valence-corrected chi connectivity index (χ4v) is 1.11. The predicted molar refractivity (Wildman–Crippen MR) is 53.5 cm³/mol. The molecule has 0 aromatic heterocycles. The number of halogens is 1. The van der Waals surface area contributed by atoms with Gasteiger partial charge in [0, 0.05) is 6.07 Å². The number of carbonyl (C=O) groups excluding carboxylic acids is 1. The molecule has 0 fully saturated rings. The van der Waals surface area contributed by atoms with Gasteiger partial charge in [-0.1, -0.05) is 0 Å². The smallest absolute Gasteiger partial charge is 0.255 e. The molecule has 0 saturated heterocycles. The van der Waals surface area contributed by atoms with Gasteiger partial charge >= 0.3 is 0 Å². The standard InChI is InChI=1S/C10H12FNO4/c11-6-1-2-8(9(15)3-6)10(16)12-7(4-13)5-14/h1-3,7,13-15H,4-5H2,(H,12,16). The number of phenols is 1. The fraction of sp³-hybridized carbons (Fsp3) is 0.300. The van der Waals surface area contributed by atoms with Gasteiger partial charge in [-0.05, 0) is 12.1 Å². The van der Waals surface area contributed by atoms with E-state index in [1.54, 1.807) is 0 Å². The number of phenolic OH excluding ortho intramolecular Hbond substituents is 1. The van der Waals surface area contributed by atoms with Crippen molar-refractivity contribution >= 4 is 5.91 Å². The van der Waals surface area contributed by atoms with Gasteiger partial charge in [0.05, 0.1) is 24.8 Å². The summed E-state index contributed by atoms with van der Waals surface area (Å²) in [5.41, 5.74) is -0.117. The van der Waals surface area contributed by atoms with Crippen molar-refractivity contribution in [3.05, 3.63) is 29.6 Å². The number of nitrogens with one attached hydrogen (secondary N) is 1. The molecule has 5 nitrogen and oxygen atoms in total. The van der Waals surface area contributed by atoms with E-state index in [1.165, 1.54) is 0 Å². The fourth-order valence-electron chi connectivity index (χ4n) is 1.11. The molecule has 1 aromatic rings. The van der Waals surface area contributed by atoms with Gasteiger partial charge in [-0.15, -0.1) is 0 Å². The normalized spacial score (nSPS) is 10.5. The van der Waals surface area contributed by atoms with Gasteiger partial charge in [0.2, 0.25) is 0 Å². The molecule has 16 heavy (non-hydrogen) atoms. The molecule has 0 aliphatic rings. The van der Waals surface area contributed by atoms with E-state index in [9.17, 15) is 14.3 Å². The Balaban J connectivity index is 2.80. The summed E-state index contributed by atoms with van der Waals surface area (Å²) in [6.07, 6.45) is 0. The van der Waals surface area contributed by atoms with Crippen LogP contribution < -0.4 is 5.32 Å². The summed E-state index contributed by atoms with van der Waals surface area (Å²) in [5.74, 6) is -1.84. The lowest BCUT2D eigenvalue weighted by atomic mass is 10.1. The second-order valence-electron chi connectivity index (χ2n) is 3.20. The van der Waals surface area contributed by atoms with Crippen LogP contribution in [0.1, 0.15) is 10.4 Å². The van der Waals surface area contributed by atoms with Crippen molar-refractivity contribution in [1.29, 1.82) is 0 Å². The maximum Gasteiger partial charge on any atom is 0.255 e. The van der Waals surface area contributed by atoms with Gasteiger partial charge in [-0.25, -0.2) is 4.39 Å². The summed E-state index contributed by atoms with van der Waals surface area (Å²) in [5, 5.41) is 29.0. The Bertz CT molecular complexity index is 379. The van der Waals surface area contributed by atoms with E-state index in [2.05, 4.69) is 5.32 Å². The average Bonchev–Trinajstić information content (AvgIpc) is 2.25. The molecule has 0 bridgehead atoms. The lowest BCUT2D eigenvalue weighted by Crippen LogP contribution is -2.40. The van der Waals surface area contributed by atoms with Crippen LogP contribution in [-0.4, -0.2) is 40.5 Å². The molecule has 0 aliphatic carbocycles. The predicted octanol–water partition coefficient (Wildman–Crippen LogP) is -0.386. The Hall–Kier alpha value is -1.66. The van der Waals surface area contributed by atoms with Crippen LogP contribution in [0.2, 0.25) is 0 Å². The Labute approximate surface area is 91.2 Å². The average molecular weight is 229 g/mol. The molecule has 0 radical (unpaired) electrons. The summed E-state index contributed by atoms with van der Waals surface area (Å²) >= 11 is 0. The molecule has 6 heteroatoms. The van der Waals surface area contributed by atoms with E-state index >= 15 is 0 Å². The molecule has 1 aromatic carbocycles. The molecular formula is C10H12FNO4. The van der Waals surface area contributed by atoms with Crippen molar-refractivity contribution < 1.29 is 24.5 Å². The molecule has 0 atom stereocenters. The van der Waals surface area contributed by atoms with Crippen LogP contribution in [0.3, 0.4) is 0 Å². The molecular weight excluding hydrogens is 217 g/mol. The van der Waals surface area contributed by atoms with Crippen molar-refractivity contribution in [2.75, 3.05) is 13.2 Å². The van der Waals surface area contributed by atoms with E-state index in [1.807, 2.05) is 0 Å². The molecule has 0 saturated carbocycles. The highest BCUT2D eigenvalue weighted by Gasteiger charge is 2.15. The first kappa shape index (κ1) is 12.4. The maximum absolute atomic E-state index is 12.6. The molecule has 0 spiro atoms. The monoisotopic (exact) mass is 229 g/mol. The molecule has 4 N–H and O–H groups in total. The van der Waals surface area contributed by atoms with Crippen molar-refractivity contribution in [2.24, 2.45) is 0 Å². The lowest BCUT2D eigenvalue weighted by Gasteiger charge is -2.13. The van der Waals surface area contributed by atoms with Gasteiger partial charge in [0.15, 0.2) is 0 Å². The first-order valence-electron chi connectivity index (χ1n) is 4.59. The van der Waals surface area contributed by atoms with Crippen molar-refractivity contribution in [1.82, 2.24) is 5.32 Å². The summed E-state index contributed by atoms with van der Waals surface area (Å²) in [4.78, 5) is 11.5. The highest BCUT2D eigenvalue weighted by Crippen LogP contribution is 2.17. The maximum atomic E-state index is 12.6. The zero-order chi connectivity index (χ0) is 12.1. The Morgan fingerprint density at radius 3 is 2.50 bits per heavy atom. The Kier molecular flexibility index (Phi) is 4.21. The Morgan fingerprint density at radius 1 is 1.38 bits per heavy atom. The van der Waals surface area contributed by atoms with Crippen molar-refractivity contribution in [3.63, 3.8) is 0 Å². The second kappa shape index (κ2) is 5.43. The van der Waals surface area contributed by atoms with E-state index in [-0.39, 0.29) is 5.56 Å². The van der Waals surface area contributed by atoms with Crippen LogP contribution in [0.4, 0.5) is 4.39 Å². The number of amides is 1. The van der Waals surface area contributed by atoms with Gasteiger partial charge < -0.3 is 20.6 Å². The number of rotatable bonds is 4. The molecule has 1 amide bonds. The largest absolute Gasteiger partial charge is 0.507 e. The van der Waals surface area contributed by atoms with Gasteiger partial charge in [-0.3, -0.25) is 4.79 Å². The van der Waals surface area contributed by atoms with Crippen LogP contribution in [-0.2, 0) is 0 Å². The zero-order valence-corrected chi connectivity index (χ0v) is 8.35. The molecule has 0 heterocycles. The zero-order valence-electron chi connectivity index (χ0n) is 8.35. The van der Waals surface area contributed by atoms with Crippen molar-refractivity contribution in [3.8, 4) is 5.75 Å². The second-order valence-corrected chi connectivity index (χ2v) is 3.20. The topological polar surface area (TPSA) is 89.8 Å². The van der Waals surface area contributed by atoms with Crippen LogP contribution in [0.15, 0.2) is 18.2 Å². The number of benzene rings is 1. The van der Waals surface area contributed by atoms with Crippen LogP contribution in [0.25, 0.3) is 0 Å². The Morgan fingerprint density at radius 2 is 2.00 bits per heavy atom. The highest BCUT2D eigenvalue weighted by molar-refractivity contribution is 5.96. The number of aliphatic hydroxyl groups excluding tert-OH is 2. The van der Waals surface area contributed by atoms with Crippen LogP contribution >= 0.6 is 0 Å². The summed E-state index contributed by atoms with van der Waals surface area (Å²) in [6.45, 7) is -0.853. The third kappa shape index (κ3) is 2.91. The summed E-state index contributed by atoms with van der Waals surface area (Å²) < 4.78 is 12.6. The van der Waals surface area contributed by atoms with Gasteiger partial charge in [-0.2, -0.15) is 0 Å². The summed E-state index contributed by atoms with van der Waals surface area (Å²) in [6, 6.07) is 2.15. The number of aliphatic hydroxyl groups is 2. The molecule has 88 valence electrons. The van der Waals surface area contributed by atoms with E-state index in [0.29, 0.717) is 0 Å². The van der Waals surface area contributed by atoms with Crippen LogP contribution in [0.5, 0.6) is 5.75 Å². The van der Waals surface area contributed by atoms with Gasteiger partial charge in [0.1, 0.15) is 11.6 Å². The minimum atomic E-state index is -0.808. The number of hydrogen-bond acceptors (Lipinski definition) is 4. The molecule has 0 unspecified atom stereocenters. The van der Waals surface area contributed by atoms with Gasteiger partial charge in [0.25, 0.3) is 5.91 Å². The molecule has 0 aliphatic heterocycles. The van der Waals surface area contributed by atoms with Crippen LogP contribution in [0, 0.1) is 5.82 Å². The van der Waals surface area contributed by atoms with E-state index in [4.69, 9.17) is 10.2 Å². The number of aromatic hydroxyl groups is 1. The minimum Gasteiger partial charge on any atom is -0.507 e. The number of carbonyl (C=O) groups is 1. The third-order valence-corrected chi connectivity index (χ3v) is 1.98. The van der Waals surface area contributed by atoms with E-state index < -0.39 is 36.7 Å². The first-order valence-corrected chi connectivity index (χ1v) is 4.59. The SMILES string of the molecule is O=C(NC(CO)CO)c1ccc(F)cc1O. The minimum absolute atomic E-state index is 0.117.